The van der Waals surface area contributed by atoms with E-state index in [0.29, 0.717) is 6.54 Å². The minimum Gasteiger partial charge on any atom is -0.330 e. The molecule has 0 aliphatic carbocycles. The number of nitrogens with two attached hydrogens (primary N) is 1. The summed E-state index contributed by atoms with van der Waals surface area (Å²) in [7, 11) is 0. The van der Waals surface area contributed by atoms with Crippen LogP contribution in [0.25, 0.3) is 0 Å². The smallest absolute Gasteiger partial charge is 0.247 e. The molecule has 0 saturated carbocycles. The van der Waals surface area contributed by atoms with Crippen LogP contribution in [0.4, 0.5) is 8.78 Å². The summed E-state index contributed by atoms with van der Waals surface area (Å²) in [4.78, 5) is 0. The van der Waals surface area contributed by atoms with Gasteiger partial charge in [0, 0.05) is 5.25 Å². The average molecular weight is 169 g/mol. The zero-order valence-electron chi connectivity index (χ0n) is 6.02. The van der Waals surface area contributed by atoms with E-state index < -0.39 is 6.43 Å². The van der Waals surface area contributed by atoms with Crippen LogP contribution in [0.1, 0.15) is 13.3 Å². The van der Waals surface area contributed by atoms with Crippen molar-refractivity contribution in [2.45, 2.75) is 25.0 Å². The molecule has 0 rings (SSSR count). The van der Waals surface area contributed by atoms with E-state index in [0.717, 1.165) is 6.42 Å². The highest BCUT2D eigenvalue weighted by atomic mass is 32.2. The maximum absolute atomic E-state index is 11.6. The quantitative estimate of drug-likeness (QED) is 0.678. The molecule has 0 amide bonds. The lowest BCUT2D eigenvalue weighted by Gasteiger charge is -2.07. The second kappa shape index (κ2) is 5.92. The van der Waals surface area contributed by atoms with Gasteiger partial charge >= 0.3 is 0 Å². The van der Waals surface area contributed by atoms with E-state index in [-0.39, 0.29) is 11.0 Å². The van der Waals surface area contributed by atoms with Crippen molar-refractivity contribution in [3.05, 3.63) is 0 Å². The van der Waals surface area contributed by atoms with Gasteiger partial charge in [0.05, 0.1) is 5.75 Å². The van der Waals surface area contributed by atoms with Crippen LogP contribution in [0.5, 0.6) is 0 Å². The van der Waals surface area contributed by atoms with Gasteiger partial charge in [-0.25, -0.2) is 8.78 Å². The molecular formula is C6H13F2NS. The minimum absolute atomic E-state index is 0.0683. The van der Waals surface area contributed by atoms with Gasteiger partial charge in [-0.1, -0.05) is 6.92 Å². The fourth-order valence-corrected chi connectivity index (χ4v) is 1.33. The number of thioether (sulfide) groups is 1. The number of hydrogen-bond donors (Lipinski definition) is 1. The highest BCUT2D eigenvalue weighted by Crippen LogP contribution is 2.15. The fourth-order valence-electron chi connectivity index (χ4n) is 0.555. The maximum atomic E-state index is 11.6. The molecule has 10 heavy (non-hydrogen) atoms. The third-order valence-electron chi connectivity index (χ3n) is 1.08. The van der Waals surface area contributed by atoms with Crippen molar-refractivity contribution in [3.63, 3.8) is 0 Å². The standard InChI is InChI=1S/C6H13F2NS/c1-5(2-3-9)10-4-6(7)8/h5-6H,2-4,9H2,1H3. The molecule has 0 aromatic rings. The van der Waals surface area contributed by atoms with E-state index in [2.05, 4.69) is 0 Å². The fraction of sp³-hybridized carbons (Fsp3) is 1.00. The Kier molecular flexibility index (Phi) is 6.02. The van der Waals surface area contributed by atoms with E-state index in [1.165, 1.54) is 11.8 Å². The summed E-state index contributed by atoms with van der Waals surface area (Å²) in [5, 5.41) is 0.263. The summed E-state index contributed by atoms with van der Waals surface area (Å²) in [6.45, 7) is 2.50. The molecule has 0 heterocycles. The highest BCUT2D eigenvalue weighted by Gasteiger charge is 2.06. The molecular weight excluding hydrogens is 156 g/mol. The second-order valence-electron chi connectivity index (χ2n) is 2.11. The second-order valence-corrected chi connectivity index (χ2v) is 3.58. The van der Waals surface area contributed by atoms with E-state index in [4.69, 9.17) is 5.73 Å². The van der Waals surface area contributed by atoms with Crippen molar-refractivity contribution in [2.75, 3.05) is 12.3 Å². The Labute approximate surface area is 64.4 Å². The zero-order valence-corrected chi connectivity index (χ0v) is 6.83. The zero-order chi connectivity index (χ0) is 7.98. The predicted octanol–water partition coefficient (Wildman–Crippen LogP) is 1.72. The molecule has 1 nitrogen and oxygen atoms in total. The largest absolute Gasteiger partial charge is 0.330 e. The van der Waals surface area contributed by atoms with Crippen LogP contribution < -0.4 is 5.73 Å². The van der Waals surface area contributed by atoms with Crippen LogP contribution in [-0.4, -0.2) is 24.0 Å². The molecule has 0 aromatic heterocycles. The Morgan fingerprint density at radius 1 is 1.50 bits per heavy atom. The first-order valence-corrected chi connectivity index (χ1v) is 4.31. The van der Waals surface area contributed by atoms with Gasteiger partial charge in [-0.2, -0.15) is 11.8 Å². The first kappa shape index (κ1) is 10.2. The lowest BCUT2D eigenvalue weighted by atomic mass is 10.3. The monoisotopic (exact) mass is 169 g/mol. The topological polar surface area (TPSA) is 26.0 Å². The summed E-state index contributed by atoms with van der Waals surface area (Å²) in [6, 6.07) is 0. The van der Waals surface area contributed by atoms with E-state index >= 15 is 0 Å². The molecule has 2 N–H and O–H groups in total. The molecule has 0 aliphatic heterocycles. The summed E-state index contributed by atoms with van der Waals surface area (Å²) in [5.41, 5.74) is 5.23. The lowest BCUT2D eigenvalue weighted by molar-refractivity contribution is 0.176. The summed E-state index contributed by atoms with van der Waals surface area (Å²) in [6.07, 6.45) is -1.37. The van der Waals surface area contributed by atoms with Crippen molar-refractivity contribution in [3.8, 4) is 0 Å². The van der Waals surface area contributed by atoms with Gasteiger partial charge in [0.15, 0.2) is 0 Å². The number of rotatable bonds is 5. The van der Waals surface area contributed by atoms with E-state index in [9.17, 15) is 8.78 Å². The van der Waals surface area contributed by atoms with Gasteiger partial charge in [0.1, 0.15) is 0 Å². The van der Waals surface area contributed by atoms with Gasteiger partial charge in [-0.3, -0.25) is 0 Å². The Hall–Kier alpha value is 0.170. The third kappa shape index (κ3) is 6.29. The third-order valence-corrected chi connectivity index (χ3v) is 2.33. The van der Waals surface area contributed by atoms with Crippen LogP contribution in [0.15, 0.2) is 0 Å². The SMILES string of the molecule is CC(CCN)SCC(F)F. The maximum Gasteiger partial charge on any atom is 0.247 e. The first-order chi connectivity index (χ1) is 4.66. The van der Waals surface area contributed by atoms with Gasteiger partial charge in [0.2, 0.25) is 6.43 Å². The average Bonchev–Trinajstić information content (AvgIpc) is 1.85. The molecule has 0 aliphatic rings. The molecule has 0 fully saturated rings. The van der Waals surface area contributed by atoms with Crippen molar-refractivity contribution in [1.82, 2.24) is 0 Å². The highest BCUT2D eigenvalue weighted by molar-refractivity contribution is 7.99. The van der Waals surface area contributed by atoms with E-state index in [1.54, 1.807) is 0 Å². The van der Waals surface area contributed by atoms with Gasteiger partial charge in [-0.15, -0.1) is 0 Å². The lowest BCUT2D eigenvalue weighted by Crippen LogP contribution is -2.09. The number of halogens is 2. The van der Waals surface area contributed by atoms with Gasteiger partial charge in [0.25, 0.3) is 0 Å². The van der Waals surface area contributed by atoms with Crippen molar-refractivity contribution < 1.29 is 8.78 Å². The van der Waals surface area contributed by atoms with Crippen molar-refractivity contribution >= 4 is 11.8 Å². The molecule has 1 atom stereocenters. The first-order valence-electron chi connectivity index (χ1n) is 3.26. The van der Waals surface area contributed by atoms with Crippen LogP contribution in [0.2, 0.25) is 0 Å². The minimum atomic E-state index is -2.19. The van der Waals surface area contributed by atoms with Crippen molar-refractivity contribution in [2.24, 2.45) is 5.73 Å². The Morgan fingerprint density at radius 2 is 2.10 bits per heavy atom. The van der Waals surface area contributed by atoms with Crippen molar-refractivity contribution in [1.29, 1.82) is 0 Å². The van der Waals surface area contributed by atoms with Gasteiger partial charge in [-0.05, 0) is 13.0 Å². The number of hydrogen-bond acceptors (Lipinski definition) is 2. The molecule has 0 saturated heterocycles. The predicted molar refractivity (Wildman–Crippen MR) is 41.6 cm³/mol. The molecule has 62 valence electrons. The molecule has 1 unspecified atom stereocenters. The Balaban J connectivity index is 3.12. The summed E-state index contributed by atoms with van der Waals surface area (Å²) in [5.74, 6) is -0.0683. The van der Waals surface area contributed by atoms with Crippen LogP contribution in [0, 0.1) is 0 Å². The van der Waals surface area contributed by atoms with Gasteiger partial charge < -0.3 is 5.73 Å². The van der Waals surface area contributed by atoms with E-state index in [1.807, 2.05) is 6.92 Å². The number of alkyl halides is 2. The molecule has 0 bridgehead atoms. The Bertz CT molecular complexity index is 80.1. The summed E-state index contributed by atoms with van der Waals surface area (Å²) < 4.78 is 23.2. The van der Waals surface area contributed by atoms with Crippen LogP contribution >= 0.6 is 11.8 Å². The molecule has 0 spiro atoms. The summed E-state index contributed by atoms with van der Waals surface area (Å²) >= 11 is 1.28. The Morgan fingerprint density at radius 3 is 2.50 bits per heavy atom. The molecule has 4 heteroatoms. The molecule has 0 radical (unpaired) electrons. The normalized spacial score (nSPS) is 14.1. The van der Waals surface area contributed by atoms with Crippen LogP contribution in [-0.2, 0) is 0 Å². The molecule has 0 aromatic carbocycles. The van der Waals surface area contributed by atoms with Crippen LogP contribution in [0.3, 0.4) is 0 Å².